The molecule has 0 aliphatic rings. The van der Waals surface area contributed by atoms with E-state index in [1.165, 1.54) is 0 Å². The van der Waals surface area contributed by atoms with E-state index >= 15 is 0 Å². The van der Waals surface area contributed by atoms with Crippen molar-refractivity contribution in [2.24, 2.45) is 0 Å². The molecule has 0 aliphatic heterocycles. The van der Waals surface area contributed by atoms with Crippen LogP contribution in [0.25, 0.3) is 0 Å². The van der Waals surface area contributed by atoms with Crippen molar-refractivity contribution in [3.05, 3.63) is 0 Å². The van der Waals surface area contributed by atoms with Crippen LogP contribution in [0.2, 0.25) is 0 Å². The van der Waals surface area contributed by atoms with Gasteiger partial charge in [-0.1, -0.05) is 0 Å². The Bertz CT molecular complexity index is 316. The van der Waals surface area contributed by atoms with Crippen molar-refractivity contribution < 1.29 is 23.9 Å². The third kappa shape index (κ3) is 9.01. The van der Waals surface area contributed by atoms with Gasteiger partial charge in [0.25, 0.3) is 5.91 Å². The Hall–Kier alpha value is 0.0100. The predicted octanol–water partition coefficient (Wildman–Crippen LogP) is 1.09. The highest BCUT2D eigenvalue weighted by molar-refractivity contribution is 9.40. The van der Waals surface area contributed by atoms with Crippen molar-refractivity contribution in [3.8, 4) is 0 Å². The Morgan fingerprint density at radius 2 is 1.72 bits per heavy atom. The topological polar surface area (TPSA) is 81.7 Å². The van der Waals surface area contributed by atoms with Crippen molar-refractivity contribution in [1.82, 2.24) is 5.32 Å². The predicted molar refractivity (Wildman–Crippen MR) is 75.0 cm³/mol. The summed E-state index contributed by atoms with van der Waals surface area (Å²) in [5.41, 5.74) is 0. The summed E-state index contributed by atoms with van der Waals surface area (Å²) in [6.07, 6.45) is 0. The maximum absolute atomic E-state index is 11.3. The fourth-order valence-electron chi connectivity index (χ4n) is 0.734. The van der Waals surface area contributed by atoms with Gasteiger partial charge in [0.1, 0.15) is 6.61 Å². The lowest BCUT2D eigenvalue weighted by molar-refractivity contribution is -0.154. The van der Waals surface area contributed by atoms with Crippen molar-refractivity contribution in [3.63, 3.8) is 0 Å². The van der Waals surface area contributed by atoms with Gasteiger partial charge in [-0.3, -0.25) is 9.59 Å². The summed E-state index contributed by atoms with van der Waals surface area (Å²) in [6.45, 7) is 1.88. The van der Waals surface area contributed by atoms with Crippen LogP contribution < -0.4 is 5.32 Å². The van der Waals surface area contributed by atoms with Gasteiger partial charge in [-0.05, 0) is 47.8 Å². The lowest BCUT2D eigenvalue weighted by atomic mass is 10.5. The van der Waals surface area contributed by atoms with Gasteiger partial charge in [0.2, 0.25) is 7.93 Å². The zero-order valence-corrected chi connectivity index (χ0v) is 14.3. The lowest BCUT2D eigenvalue weighted by Crippen LogP contribution is -2.35. The number of carbonyl (C=O) groups is 3. The molecular formula is C9H12Br3NO5. The van der Waals surface area contributed by atoms with Gasteiger partial charge < -0.3 is 14.8 Å². The molecule has 0 radical (unpaired) electrons. The van der Waals surface area contributed by atoms with E-state index in [9.17, 15) is 14.4 Å². The molecule has 104 valence electrons. The first-order valence-corrected chi connectivity index (χ1v) is 7.23. The highest BCUT2D eigenvalue weighted by Gasteiger charge is 2.27. The lowest BCUT2D eigenvalue weighted by Gasteiger charge is -2.12. The minimum Gasteiger partial charge on any atom is -0.458 e. The number of amides is 1. The standard InChI is InChI=1S/C9H12Br3NO5/c1-6(14)7(15)18-5-4-17-3-2-13-8(16)9(10,11)12/h2-5H2,1H3,(H,13,16). The number of carbonyl (C=O) groups excluding carboxylic acids is 3. The molecule has 0 aromatic carbocycles. The van der Waals surface area contributed by atoms with E-state index in [-0.39, 0.29) is 25.7 Å². The summed E-state index contributed by atoms with van der Waals surface area (Å²) in [5.74, 6) is -1.82. The van der Waals surface area contributed by atoms with Crippen LogP contribution in [0.5, 0.6) is 0 Å². The molecule has 0 aliphatic carbocycles. The third-order valence-corrected chi connectivity index (χ3v) is 2.62. The summed E-state index contributed by atoms with van der Waals surface area (Å²) in [5, 5.41) is 2.57. The zero-order chi connectivity index (χ0) is 14.2. The second-order valence-electron chi connectivity index (χ2n) is 3.06. The van der Waals surface area contributed by atoms with Gasteiger partial charge >= 0.3 is 5.97 Å². The zero-order valence-electron chi connectivity index (χ0n) is 9.50. The van der Waals surface area contributed by atoms with Crippen LogP contribution in [-0.4, -0.2) is 46.2 Å². The van der Waals surface area contributed by atoms with Crippen molar-refractivity contribution >= 4 is 65.4 Å². The highest BCUT2D eigenvalue weighted by Crippen LogP contribution is 2.33. The normalized spacial score (nSPS) is 10.9. The van der Waals surface area contributed by atoms with Crippen molar-refractivity contribution in [1.29, 1.82) is 0 Å². The molecule has 1 N–H and O–H groups in total. The number of alkyl halides is 3. The molecule has 0 rings (SSSR count). The second-order valence-corrected chi connectivity index (χ2v) is 9.82. The number of esters is 1. The fourth-order valence-corrected chi connectivity index (χ4v) is 1.15. The molecule has 0 aromatic rings. The number of nitrogens with one attached hydrogen (secondary N) is 1. The molecule has 0 spiro atoms. The van der Waals surface area contributed by atoms with Crippen molar-refractivity contribution in [2.45, 2.75) is 9.07 Å². The number of Topliss-reactive ketones (excluding diaryl/α,β-unsaturated/α-hetero) is 1. The minimum absolute atomic E-state index is 0.00559. The van der Waals surface area contributed by atoms with Gasteiger partial charge in [0.15, 0.2) is 0 Å². The molecule has 0 saturated heterocycles. The summed E-state index contributed by atoms with van der Waals surface area (Å²) >= 11 is 9.18. The quantitative estimate of drug-likeness (QED) is 0.270. The SMILES string of the molecule is CC(=O)C(=O)OCCOCCNC(=O)C(Br)(Br)Br. The van der Waals surface area contributed by atoms with E-state index in [2.05, 4.69) is 57.8 Å². The van der Waals surface area contributed by atoms with E-state index in [4.69, 9.17) is 4.74 Å². The maximum atomic E-state index is 11.3. The van der Waals surface area contributed by atoms with E-state index in [0.29, 0.717) is 6.54 Å². The van der Waals surface area contributed by atoms with Crippen molar-refractivity contribution in [2.75, 3.05) is 26.4 Å². The first kappa shape index (κ1) is 18.0. The van der Waals surface area contributed by atoms with Gasteiger partial charge in [-0.25, -0.2) is 4.79 Å². The average Bonchev–Trinajstić information content (AvgIpc) is 2.25. The fraction of sp³-hybridized carbons (Fsp3) is 0.667. The molecule has 18 heavy (non-hydrogen) atoms. The summed E-state index contributed by atoms with van der Waals surface area (Å²) in [6, 6.07) is 0. The number of hydrogen-bond donors (Lipinski definition) is 1. The molecule has 0 heterocycles. The highest BCUT2D eigenvalue weighted by atomic mass is 80.0. The Labute approximate surface area is 130 Å². The van der Waals surface area contributed by atoms with E-state index in [1.54, 1.807) is 0 Å². The van der Waals surface area contributed by atoms with Crippen LogP contribution in [-0.2, 0) is 23.9 Å². The Balaban J connectivity index is 3.45. The molecule has 1 amide bonds. The smallest absolute Gasteiger partial charge is 0.374 e. The molecule has 0 unspecified atom stereocenters. The van der Waals surface area contributed by atoms with Crippen LogP contribution >= 0.6 is 47.8 Å². The van der Waals surface area contributed by atoms with E-state index in [0.717, 1.165) is 6.92 Å². The van der Waals surface area contributed by atoms with Crippen LogP contribution in [0.15, 0.2) is 0 Å². The number of ketones is 1. The van der Waals surface area contributed by atoms with Gasteiger partial charge in [0, 0.05) is 13.5 Å². The van der Waals surface area contributed by atoms with Gasteiger partial charge in [-0.15, -0.1) is 0 Å². The Morgan fingerprint density at radius 1 is 1.11 bits per heavy atom. The molecule has 6 nitrogen and oxygen atoms in total. The first-order chi connectivity index (χ1) is 8.25. The first-order valence-electron chi connectivity index (χ1n) is 4.85. The van der Waals surface area contributed by atoms with Gasteiger partial charge in [0.05, 0.1) is 13.2 Å². The molecule has 0 atom stereocenters. The second kappa shape index (κ2) is 9.00. The Morgan fingerprint density at radius 3 is 2.22 bits per heavy atom. The largest absolute Gasteiger partial charge is 0.458 e. The maximum Gasteiger partial charge on any atom is 0.374 e. The number of halogens is 3. The number of ether oxygens (including phenoxy) is 2. The third-order valence-electron chi connectivity index (χ3n) is 1.54. The van der Waals surface area contributed by atoms with Crippen LogP contribution in [0.1, 0.15) is 6.92 Å². The molecular weight excluding hydrogens is 442 g/mol. The monoisotopic (exact) mass is 451 g/mol. The minimum atomic E-state index is -0.982. The average molecular weight is 454 g/mol. The molecule has 0 fully saturated rings. The molecule has 0 saturated carbocycles. The molecule has 0 aromatic heterocycles. The summed E-state index contributed by atoms with van der Waals surface area (Å²) in [7, 11) is 0. The Kier molecular flexibility index (Phi) is 9.01. The van der Waals surface area contributed by atoms with Gasteiger partial charge in [-0.2, -0.15) is 0 Å². The number of rotatable bonds is 7. The van der Waals surface area contributed by atoms with Crippen LogP contribution in [0.4, 0.5) is 0 Å². The molecule has 9 heteroatoms. The van der Waals surface area contributed by atoms with E-state index in [1.807, 2.05) is 0 Å². The molecule has 0 bridgehead atoms. The van der Waals surface area contributed by atoms with E-state index < -0.39 is 13.9 Å². The number of hydrogen-bond acceptors (Lipinski definition) is 5. The summed E-state index contributed by atoms with van der Waals surface area (Å²) in [4.78, 5) is 32.5. The summed E-state index contributed by atoms with van der Waals surface area (Å²) < 4.78 is 8.66. The van der Waals surface area contributed by atoms with Crippen LogP contribution in [0, 0.1) is 0 Å². The van der Waals surface area contributed by atoms with Crippen LogP contribution in [0.3, 0.4) is 0 Å².